The highest BCUT2D eigenvalue weighted by Gasteiger charge is 2.35. The van der Waals surface area contributed by atoms with E-state index < -0.39 is 38.1 Å². The maximum Gasteiger partial charge on any atom is 0.258 e. The molecule has 1 aliphatic heterocycles. The molecule has 0 fully saturated rings. The molecule has 3 rings (SSSR count). The minimum Gasteiger partial charge on any atom is -0.497 e. The molecule has 2 aromatic rings. The lowest BCUT2D eigenvalue weighted by Gasteiger charge is -2.38. The molecule has 2 N–H and O–H groups in total. The predicted molar refractivity (Wildman–Crippen MR) is 139 cm³/mol. The van der Waals surface area contributed by atoms with E-state index in [1.54, 1.807) is 19.1 Å². The van der Waals surface area contributed by atoms with E-state index in [-0.39, 0.29) is 47.5 Å². The Balaban J connectivity index is 1.97. The lowest BCUT2D eigenvalue weighted by atomic mass is 9.99. The third kappa shape index (κ3) is 6.72. The molecule has 2 aromatic carbocycles. The third-order valence-electron chi connectivity index (χ3n) is 6.17. The molecular weight excluding hydrogens is 522 g/mol. The van der Waals surface area contributed by atoms with Gasteiger partial charge in [0.05, 0.1) is 43.0 Å². The number of aliphatic hydroxyl groups is 1. The van der Waals surface area contributed by atoms with Crippen molar-refractivity contribution in [3.63, 3.8) is 0 Å². The summed E-state index contributed by atoms with van der Waals surface area (Å²) >= 11 is 0. The smallest absolute Gasteiger partial charge is 0.258 e. The number of rotatable bonds is 9. The average Bonchev–Trinajstić information content (AvgIpc) is 2.85. The summed E-state index contributed by atoms with van der Waals surface area (Å²) in [5, 5.41) is 9.78. The first-order chi connectivity index (χ1) is 17.3. The van der Waals surface area contributed by atoms with Gasteiger partial charge in [0, 0.05) is 25.2 Å². The zero-order valence-electron chi connectivity index (χ0n) is 21.4. The summed E-state index contributed by atoms with van der Waals surface area (Å²) in [5.74, 6) is -0.0275. The van der Waals surface area contributed by atoms with Gasteiger partial charge in [-0.25, -0.2) is 16.8 Å². The highest BCUT2D eigenvalue weighted by Crippen LogP contribution is 2.31. The first-order valence-corrected chi connectivity index (χ1v) is 14.9. The largest absolute Gasteiger partial charge is 0.497 e. The molecule has 0 saturated heterocycles. The zero-order chi connectivity index (χ0) is 27.5. The van der Waals surface area contributed by atoms with Gasteiger partial charge >= 0.3 is 0 Å². The number of fused-ring (bicyclic) bond motifs is 1. The van der Waals surface area contributed by atoms with Crippen LogP contribution in [0, 0.1) is 5.92 Å². The van der Waals surface area contributed by atoms with Crippen LogP contribution in [0.4, 0.5) is 5.69 Å². The van der Waals surface area contributed by atoms with Crippen LogP contribution in [0.3, 0.4) is 0 Å². The molecule has 204 valence electrons. The second kappa shape index (κ2) is 11.3. The van der Waals surface area contributed by atoms with Crippen molar-refractivity contribution in [1.29, 1.82) is 0 Å². The van der Waals surface area contributed by atoms with Crippen LogP contribution in [-0.4, -0.2) is 89.3 Å². The van der Waals surface area contributed by atoms with Crippen molar-refractivity contribution < 1.29 is 36.2 Å². The van der Waals surface area contributed by atoms with E-state index in [0.717, 1.165) is 6.26 Å². The monoisotopic (exact) mass is 555 g/mol. The number of nitrogens with one attached hydrogen (secondary N) is 1. The minimum atomic E-state index is -3.86. The molecule has 37 heavy (non-hydrogen) atoms. The van der Waals surface area contributed by atoms with Crippen molar-refractivity contribution in [2.24, 2.45) is 5.92 Å². The lowest BCUT2D eigenvalue weighted by molar-refractivity contribution is 0.0387. The number of anilines is 1. The van der Waals surface area contributed by atoms with Crippen molar-refractivity contribution in [1.82, 2.24) is 9.21 Å². The number of hydrogen-bond donors (Lipinski definition) is 2. The summed E-state index contributed by atoms with van der Waals surface area (Å²) in [7, 11) is -4.50. The Bertz CT molecular complexity index is 1330. The van der Waals surface area contributed by atoms with Crippen LogP contribution in [0.2, 0.25) is 0 Å². The number of hydrogen-bond acceptors (Lipinski definition) is 8. The SMILES string of the molecule is COc1ccc(S(=O)(=O)N(C)C[C@H]2Oc3ccc(NS(C)(=O)=O)cc3C(=O)N([C@H](C)CO)C[C@H]2C)cc1. The first kappa shape index (κ1) is 28.7. The van der Waals surface area contributed by atoms with Crippen LogP contribution in [0.1, 0.15) is 24.2 Å². The number of carbonyl (C=O) groups excluding carboxylic acids is 1. The van der Waals surface area contributed by atoms with E-state index in [2.05, 4.69) is 4.72 Å². The van der Waals surface area contributed by atoms with Crippen molar-refractivity contribution in [2.75, 3.05) is 44.8 Å². The molecule has 0 spiro atoms. The summed E-state index contributed by atoms with van der Waals surface area (Å²) in [6.45, 7) is 3.42. The quantitative estimate of drug-likeness (QED) is 0.475. The molecule has 0 aromatic heterocycles. The normalized spacial score (nSPS) is 19.4. The van der Waals surface area contributed by atoms with Crippen LogP contribution in [-0.2, 0) is 20.0 Å². The number of benzene rings is 2. The van der Waals surface area contributed by atoms with Crippen LogP contribution < -0.4 is 14.2 Å². The highest BCUT2D eigenvalue weighted by atomic mass is 32.2. The molecule has 3 atom stereocenters. The van der Waals surface area contributed by atoms with Gasteiger partial charge in [-0.05, 0) is 49.4 Å². The first-order valence-electron chi connectivity index (χ1n) is 11.6. The Morgan fingerprint density at radius 2 is 1.84 bits per heavy atom. The second-order valence-corrected chi connectivity index (χ2v) is 13.0. The van der Waals surface area contributed by atoms with Gasteiger partial charge in [0.2, 0.25) is 20.0 Å². The van der Waals surface area contributed by atoms with Gasteiger partial charge in [-0.15, -0.1) is 0 Å². The summed E-state index contributed by atoms with van der Waals surface area (Å²) in [6, 6.07) is 9.83. The summed E-state index contributed by atoms with van der Waals surface area (Å²) in [4.78, 5) is 15.0. The van der Waals surface area contributed by atoms with E-state index >= 15 is 0 Å². The van der Waals surface area contributed by atoms with Crippen LogP contribution >= 0.6 is 0 Å². The van der Waals surface area contributed by atoms with Gasteiger partial charge in [-0.3, -0.25) is 9.52 Å². The molecule has 11 nitrogen and oxygen atoms in total. The van der Waals surface area contributed by atoms with E-state index in [0.29, 0.717) is 5.75 Å². The van der Waals surface area contributed by atoms with Crippen molar-refractivity contribution in [3.8, 4) is 11.5 Å². The lowest BCUT2D eigenvalue weighted by Crippen LogP contribution is -2.50. The molecule has 0 bridgehead atoms. The van der Waals surface area contributed by atoms with E-state index in [9.17, 15) is 26.7 Å². The summed E-state index contributed by atoms with van der Waals surface area (Å²) in [5.41, 5.74) is 0.283. The number of methoxy groups -OCH3 is 1. The van der Waals surface area contributed by atoms with Gasteiger partial charge in [-0.2, -0.15) is 4.31 Å². The maximum atomic E-state index is 13.4. The van der Waals surface area contributed by atoms with E-state index in [1.165, 1.54) is 53.7 Å². The molecular formula is C24H33N3O8S2. The van der Waals surface area contributed by atoms with Crippen molar-refractivity contribution in [2.45, 2.75) is 30.9 Å². The molecule has 0 saturated carbocycles. The molecule has 13 heteroatoms. The minimum absolute atomic E-state index is 0.0200. The predicted octanol–water partition coefficient (Wildman–Crippen LogP) is 1.61. The Labute approximate surface area is 218 Å². The number of nitrogens with zero attached hydrogens (tertiary/aromatic N) is 2. The molecule has 0 unspecified atom stereocenters. The second-order valence-electron chi connectivity index (χ2n) is 9.17. The number of likely N-dealkylation sites (N-methyl/N-ethyl adjacent to an activating group) is 1. The van der Waals surface area contributed by atoms with Gasteiger partial charge in [-0.1, -0.05) is 6.92 Å². The van der Waals surface area contributed by atoms with Gasteiger partial charge < -0.3 is 19.5 Å². The van der Waals surface area contributed by atoms with Crippen LogP contribution in [0.15, 0.2) is 47.4 Å². The number of aliphatic hydroxyl groups excluding tert-OH is 1. The number of carbonyl (C=O) groups is 1. The Morgan fingerprint density at radius 3 is 2.41 bits per heavy atom. The fourth-order valence-electron chi connectivity index (χ4n) is 4.00. The summed E-state index contributed by atoms with van der Waals surface area (Å²) < 4.78 is 64.7. The summed E-state index contributed by atoms with van der Waals surface area (Å²) in [6.07, 6.45) is 0.339. The highest BCUT2D eigenvalue weighted by molar-refractivity contribution is 7.92. The number of amides is 1. The standard InChI is InChI=1S/C24H33N3O8S2/c1-16-13-27(17(2)15-28)24(29)21-12-18(25-36(5,30)31)6-11-22(21)35-23(16)14-26(3)37(32,33)20-9-7-19(34-4)8-10-20/h6-12,16-17,23,25,28H,13-15H2,1-5H3/t16-,17-,23-/m1/s1. The number of sulfonamides is 2. The average molecular weight is 556 g/mol. The van der Waals surface area contributed by atoms with Crippen LogP contribution in [0.25, 0.3) is 0 Å². The van der Waals surface area contributed by atoms with E-state index in [1.807, 2.05) is 6.92 Å². The molecule has 0 radical (unpaired) electrons. The van der Waals surface area contributed by atoms with Gasteiger partial charge in [0.15, 0.2) is 0 Å². The fraction of sp³-hybridized carbons (Fsp3) is 0.458. The van der Waals surface area contributed by atoms with Gasteiger partial charge in [0.1, 0.15) is 17.6 Å². The van der Waals surface area contributed by atoms with Crippen LogP contribution in [0.5, 0.6) is 11.5 Å². The van der Waals surface area contributed by atoms with Crippen molar-refractivity contribution in [3.05, 3.63) is 48.0 Å². The third-order valence-corrected chi connectivity index (χ3v) is 8.62. The van der Waals surface area contributed by atoms with Gasteiger partial charge in [0.25, 0.3) is 5.91 Å². The topological polar surface area (TPSA) is 143 Å². The van der Waals surface area contributed by atoms with Crippen molar-refractivity contribution >= 4 is 31.6 Å². The molecule has 1 aliphatic rings. The Morgan fingerprint density at radius 1 is 1.19 bits per heavy atom. The van der Waals surface area contributed by atoms with E-state index in [4.69, 9.17) is 9.47 Å². The molecule has 0 aliphatic carbocycles. The Hall–Kier alpha value is -2.87. The number of ether oxygens (including phenoxy) is 2. The molecule has 1 heterocycles. The maximum absolute atomic E-state index is 13.4. The Kier molecular flexibility index (Phi) is 8.73. The fourth-order valence-corrected chi connectivity index (χ4v) is 5.74. The zero-order valence-corrected chi connectivity index (χ0v) is 23.0. The molecule has 1 amide bonds.